The average Bonchev–Trinajstić information content (AvgIpc) is 3.07. The Hall–Kier alpha value is -2.65. The predicted octanol–water partition coefficient (Wildman–Crippen LogP) is 5.89. The van der Waals surface area contributed by atoms with Crippen LogP contribution in [0.2, 0.25) is 0 Å². The van der Waals surface area contributed by atoms with Gasteiger partial charge in [-0.25, -0.2) is 4.98 Å². The van der Waals surface area contributed by atoms with Gasteiger partial charge >= 0.3 is 0 Å². The molecule has 0 aliphatic carbocycles. The zero-order valence-electron chi connectivity index (χ0n) is 13.6. The first-order valence-corrected chi connectivity index (χ1v) is 9.03. The molecule has 0 radical (unpaired) electrons. The van der Waals surface area contributed by atoms with Crippen molar-refractivity contribution in [1.82, 2.24) is 9.55 Å². The van der Waals surface area contributed by atoms with Crippen LogP contribution in [0.25, 0.3) is 16.9 Å². The van der Waals surface area contributed by atoms with Gasteiger partial charge in [-0.3, -0.25) is 4.57 Å². The molecule has 4 rings (SSSR count). The van der Waals surface area contributed by atoms with E-state index in [1.54, 1.807) is 0 Å². The summed E-state index contributed by atoms with van der Waals surface area (Å²) < 4.78 is 3.24. The van der Waals surface area contributed by atoms with Gasteiger partial charge in [0.1, 0.15) is 6.33 Å². The minimum atomic E-state index is 0.803. The van der Waals surface area contributed by atoms with Crippen LogP contribution in [0, 0.1) is 0 Å². The third kappa shape index (κ3) is 3.28. The zero-order valence-corrected chi connectivity index (χ0v) is 15.2. The highest BCUT2D eigenvalue weighted by Crippen LogP contribution is 2.33. The van der Waals surface area contributed by atoms with Gasteiger partial charge in [0.15, 0.2) is 0 Å². The monoisotopic (exact) mass is 388 g/mol. The van der Waals surface area contributed by atoms with E-state index in [2.05, 4.69) is 87.2 Å². The Kier molecular flexibility index (Phi) is 4.49. The highest BCUT2D eigenvalue weighted by Gasteiger charge is 2.16. The van der Waals surface area contributed by atoms with Crippen LogP contribution in [0.1, 0.15) is 11.3 Å². The molecule has 25 heavy (non-hydrogen) atoms. The zero-order chi connectivity index (χ0) is 17.1. The second-order valence-corrected chi connectivity index (χ2v) is 6.74. The smallest absolute Gasteiger partial charge is 0.100 e. The quantitative estimate of drug-likeness (QED) is 0.425. The number of benzene rings is 3. The lowest BCUT2D eigenvalue weighted by atomic mass is 10.0. The van der Waals surface area contributed by atoms with Gasteiger partial charge in [-0.15, -0.1) is 0 Å². The summed E-state index contributed by atoms with van der Waals surface area (Å²) >= 11 is 3.70. The summed E-state index contributed by atoms with van der Waals surface area (Å²) in [5, 5.41) is 0. The van der Waals surface area contributed by atoms with Crippen LogP contribution in [-0.2, 0) is 6.42 Å². The fourth-order valence-electron chi connectivity index (χ4n) is 3.03. The van der Waals surface area contributed by atoms with Gasteiger partial charge in [-0.05, 0) is 23.8 Å². The van der Waals surface area contributed by atoms with Gasteiger partial charge in [0.2, 0.25) is 0 Å². The fraction of sp³-hybridized carbons (Fsp3) is 0.0455. The molecular weight excluding hydrogens is 372 g/mol. The van der Waals surface area contributed by atoms with Gasteiger partial charge in [0.05, 0.1) is 11.4 Å². The molecule has 1 heterocycles. The number of para-hydroxylation sites is 1. The molecule has 4 aromatic rings. The Morgan fingerprint density at radius 1 is 0.760 bits per heavy atom. The third-order valence-electron chi connectivity index (χ3n) is 4.22. The average molecular weight is 389 g/mol. The molecule has 0 saturated carbocycles. The van der Waals surface area contributed by atoms with Gasteiger partial charge < -0.3 is 0 Å². The van der Waals surface area contributed by atoms with Crippen molar-refractivity contribution >= 4 is 15.9 Å². The molecule has 122 valence electrons. The Balaban J connectivity index is 1.88. The van der Waals surface area contributed by atoms with Crippen molar-refractivity contribution in [2.75, 3.05) is 0 Å². The Morgan fingerprint density at radius 2 is 1.40 bits per heavy atom. The van der Waals surface area contributed by atoms with Crippen molar-refractivity contribution in [2.24, 2.45) is 0 Å². The van der Waals surface area contributed by atoms with Crippen LogP contribution in [-0.4, -0.2) is 9.55 Å². The molecule has 0 unspecified atom stereocenters. The number of hydrogen-bond donors (Lipinski definition) is 0. The molecule has 0 aliphatic rings. The first kappa shape index (κ1) is 15.9. The van der Waals surface area contributed by atoms with E-state index in [-0.39, 0.29) is 0 Å². The van der Waals surface area contributed by atoms with Crippen molar-refractivity contribution < 1.29 is 0 Å². The molecule has 1 aromatic heterocycles. The van der Waals surface area contributed by atoms with E-state index >= 15 is 0 Å². The van der Waals surface area contributed by atoms with E-state index in [1.807, 2.05) is 24.5 Å². The van der Waals surface area contributed by atoms with Gasteiger partial charge in [-0.1, -0.05) is 82.7 Å². The normalized spacial score (nSPS) is 10.8. The molecule has 0 spiro atoms. The number of nitrogens with zero attached hydrogens (tertiary/aromatic N) is 2. The molecule has 0 N–H and O–H groups in total. The van der Waals surface area contributed by atoms with Crippen LogP contribution >= 0.6 is 15.9 Å². The van der Waals surface area contributed by atoms with Crippen LogP contribution in [0.3, 0.4) is 0 Å². The summed E-state index contributed by atoms with van der Waals surface area (Å²) in [6.07, 6.45) is 2.72. The summed E-state index contributed by atoms with van der Waals surface area (Å²) in [7, 11) is 0. The molecule has 0 fully saturated rings. The summed E-state index contributed by atoms with van der Waals surface area (Å²) in [5.74, 6) is 0. The topological polar surface area (TPSA) is 17.8 Å². The molecule has 0 atom stereocenters. The standard InChI is InChI=1S/C22H17BrN2/c23-20-14-8-7-13-19(20)22-21(15-17-9-3-1-4-10-17)24-16-25(22)18-11-5-2-6-12-18/h1-14,16H,15H2. The number of hydrogen-bond acceptors (Lipinski definition) is 1. The van der Waals surface area contributed by atoms with E-state index in [0.717, 1.165) is 33.5 Å². The highest BCUT2D eigenvalue weighted by molar-refractivity contribution is 9.10. The highest BCUT2D eigenvalue weighted by atomic mass is 79.9. The van der Waals surface area contributed by atoms with Crippen LogP contribution in [0.4, 0.5) is 0 Å². The maximum absolute atomic E-state index is 4.75. The summed E-state index contributed by atoms with van der Waals surface area (Å²) in [6, 6.07) is 29.1. The predicted molar refractivity (Wildman–Crippen MR) is 106 cm³/mol. The summed E-state index contributed by atoms with van der Waals surface area (Å²) in [5.41, 5.74) is 5.72. The van der Waals surface area contributed by atoms with E-state index in [9.17, 15) is 0 Å². The second-order valence-electron chi connectivity index (χ2n) is 5.89. The SMILES string of the molecule is Brc1ccccc1-c1c(Cc2ccccc2)ncn1-c1ccccc1. The molecule has 0 bridgehead atoms. The van der Waals surface area contributed by atoms with E-state index in [4.69, 9.17) is 4.98 Å². The number of imidazole rings is 1. The van der Waals surface area contributed by atoms with Crippen LogP contribution in [0.5, 0.6) is 0 Å². The van der Waals surface area contributed by atoms with E-state index < -0.39 is 0 Å². The Labute approximate surface area is 155 Å². The van der Waals surface area contributed by atoms with Crippen molar-refractivity contribution in [3.63, 3.8) is 0 Å². The summed E-state index contributed by atoms with van der Waals surface area (Å²) in [4.78, 5) is 4.75. The minimum absolute atomic E-state index is 0.803. The van der Waals surface area contributed by atoms with E-state index in [0.29, 0.717) is 0 Å². The molecule has 3 aromatic carbocycles. The van der Waals surface area contributed by atoms with Gasteiger partial charge in [0, 0.05) is 22.1 Å². The lowest BCUT2D eigenvalue weighted by Gasteiger charge is -2.12. The molecule has 0 saturated heterocycles. The van der Waals surface area contributed by atoms with Crippen molar-refractivity contribution in [2.45, 2.75) is 6.42 Å². The van der Waals surface area contributed by atoms with Crippen LogP contribution in [0.15, 0.2) is 95.7 Å². The maximum Gasteiger partial charge on any atom is 0.100 e. The lowest BCUT2D eigenvalue weighted by Crippen LogP contribution is -1.99. The van der Waals surface area contributed by atoms with Crippen molar-refractivity contribution in [1.29, 1.82) is 0 Å². The molecule has 3 heteroatoms. The molecule has 0 aliphatic heterocycles. The molecule has 2 nitrogen and oxygen atoms in total. The van der Waals surface area contributed by atoms with Gasteiger partial charge in [-0.2, -0.15) is 0 Å². The number of halogens is 1. The Morgan fingerprint density at radius 3 is 2.12 bits per heavy atom. The van der Waals surface area contributed by atoms with Crippen LogP contribution < -0.4 is 0 Å². The number of aromatic nitrogens is 2. The third-order valence-corrected chi connectivity index (χ3v) is 4.91. The number of rotatable bonds is 4. The van der Waals surface area contributed by atoms with Crippen molar-refractivity contribution in [3.05, 3.63) is 107 Å². The Bertz CT molecular complexity index is 975. The van der Waals surface area contributed by atoms with Crippen molar-refractivity contribution in [3.8, 4) is 16.9 Å². The minimum Gasteiger partial charge on any atom is -0.299 e. The first-order chi connectivity index (χ1) is 12.3. The maximum atomic E-state index is 4.75. The molecular formula is C22H17BrN2. The lowest BCUT2D eigenvalue weighted by molar-refractivity contribution is 1.06. The largest absolute Gasteiger partial charge is 0.299 e. The second kappa shape index (κ2) is 7.08. The fourth-order valence-corrected chi connectivity index (χ4v) is 3.50. The van der Waals surface area contributed by atoms with Gasteiger partial charge in [0.25, 0.3) is 0 Å². The first-order valence-electron chi connectivity index (χ1n) is 8.23. The molecule has 0 amide bonds. The van der Waals surface area contributed by atoms with E-state index in [1.165, 1.54) is 5.56 Å². The summed E-state index contributed by atoms with van der Waals surface area (Å²) in [6.45, 7) is 0.